The minimum absolute atomic E-state index is 0.0194. The number of carbonyl (C=O) groups is 1. The van der Waals surface area contributed by atoms with E-state index in [1.165, 1.54) is 29.8 Å². The number of halogens is 1. The van der Waals surface area contributed by atoms with Gasteiger partial charge in [-0.05, 0) is 69.2 Å². The topological polar surface area (TPSA) is 106 Å². The fourth-order valence-corrected chi connectivity index (χ4v) is 3.06. The Morgan fingerprint density at radius 1 is 1.11 bits per heavy atom. The molecule has 0 aliphatic heterocycles. The van der Waals surface area contributed by atoms with Crippen LogP contribution >= 0.6 is 11.6 Å². The van der Waals surface area contributed by atoms with E-state index in [0.29, 0.717) is 5.69 Å². The van der Waals surface area contributed by atoms with Crippen LogP contribution in [0.25, 0.3) is 0 Å². The summed E-state index contributed by atoms with van der Waals surface area (Å²) in [6, 6.07) is 11.8. The fraction of sp³-hybridized carbons (Fsp3) is 0.316. The molecule has 6 nitrogen and oxygen atoms in total. The van der Waals surface area contributed by atoms with Crippen molar-refractivity contribution in [1.82, 2.24) is 0 Å². The third-order valence-electron chi connectivity index (χ3n) is 3.94. The molecule has 0 atom stereocenters. The standard InChI is InChI=1S/C13H18ClNO.C6H8N2O2S/c1-9(2)15(13(16)8-14)12-7-5-6-10(3)11(12)4;7-5-1-3-6(4-2-5)11(8,9)10/h5-7,9H,8H2,1-4H3;1-4H,7H2,(H2,8,9,10). The number of anilines is 2. The van der Waals surface area contributed by atoms with Gasteiger partial charge in [0.2, 0.25) is 15.9 Å². The molecule has 0 bridgehead atoms. The average Bonchev–Trinajstić information content (AvgIpc) is 2.58. The van der Waals surface area contributed by atoms with Gasteiger partial charge in [0, 0.05) is 17.4 Å². The predicted octanol–water partition coefficient (Wildman–Crippen LogP) is 3.20. The predicted molar refractivity (Wildman–Crippen MR) is 111 cm³/mol. The van der Waals surface area contributed by atoms with Crippen LogP contribution in [0.2, 0.25) is 0 Å². The lowest BCUT2D eigenvalue weighted by Gasteiger charge is -2.28. The molecule has 0 aliphatic rings. The van der Waals surface area contributed by atoms with Crippen LogP contribution in [0.4, 0.5) is 11.4 Å². The molecule has 0 spiro atoms. The molecule has 4 N–H and O–H groups in total. The Morgan fingerprint density at radius 2 is 1.67 bits per heavy atom. The number of rotatable bonds is 4. The molecular formula is C19H26ClN3O3S. The maximum absolute atomic E-state index is 11.8. The van der Waals surface area contributed by atoms with Gasteiger partial charge in [-0.25, -0.2) is 13.6 Å². The van der Waals surface area contributed by atoms with Gasteiger partial charge in [0.15, 0.2) is 0 Å². The third-order valence-corrected chi connectivity index (χ3v) is 5.10. The number of hydrogen-bond donors (Lipinski definition) is 2. The van der Waals surface area contributed by atoms with E-state index >= 15 is 0 Å². The van der Waals surface area contributed by atoms with Crippen molar-refractivity contribution < 1.29 is 13.2 Å². The van der Waals surface area contributed by atoms with Crippen molar-refractivity contribution in [3.05, 3.63) is 53.6 Å². The molecule has 0 saturated carbocycles. The van der Waals surface area contributed by atoms with Gasteiger partial charge >= 0.3 is 0 Å². The van der Waals surface area contributed by atoms with E-state index in [-0.39, 0.29) is 22.7 Å². The first-order chi connectivity index (χ1) is 12.5. The lowest BCUT2D eigenvalue weighted by Crippen LogP contribution is -2.38. The Hall–Kier alpha value is -2.09. The van der Waals surface area contributed by atoms with Gasteiger partial charge in [-0.1, -0.05) is 12.1 Å². The first kappa shape index (κ1) is 23.0. The number of nitrogens with two attached hydrogens (primary N) is 2. The van der Waals surface area contributed by atoms with Gasteiger partial charge in [-0.15, -0.1) is 11.6 Å². The summed E-state index contributed by atoms with van der Waals surface area (Å²) in [7, 11) is -3.58. The molecule has 1 amide bonds. The summed E-state index contributed by atoms with van der Waals surface area (Å²) in [5.74, 6) is -0.0312. The fourth-order valence-electron chi connectivity index (χ4n) is 2.42. The number of primary sulfonamides is 1. The van der Waals surface area contributed by atoms with E-state index in [0.717, 1.165) is 11.3 Å². The van der Waals surface area contributed by atoms with Crippen molar-refractivity contribution >= 4 is 38.9 Å². The average molecular weight is 412 g/mol. The van der Waals surface area contributed by atoms with Crippen molar-refractivity contribution in [2.45, 2.75) is 38.6 Å². The molecule has 0 aliphatic carbocycles. The van der Waals surface area contributed by atoms with E-state index in [2.05, 4.69) is 0 Å². The Bertz CT molecular complexity index is 882. The smallest absolute Gasteiger partial charge is 0.242 e. The molecule has 2 aromatic carbocycles. The van der Waals surface area contributed by atoms with Gasteiger partial charge < -0.3 is 10.6 Å². The summed E-state index contributed by atoms with van der Waals surface area (Å²) >= 11 is 5.64. The number of carbonyl (C=O) groups excluding carboxylic acids is 1. The minimum atomic E-state index is -3.58. The van der Waals surface area contributed by atoms with E-state index in [4.69, 9.17) is 22.5 Å². The van der Waals surface area contributed by atoms with E-state index in [9.17, 15) is 13.2 Å². The lowest BCUT2D eigenvalue weighted by atomic mass is 10.1. The molecule has 0 aromatic heterocycles. The third kappa shape index (κ3) is 6.53. The van der Waals surface area contributed by atoms with Gasteiger partial charge in [-0.3, -0.25) is 4.79 Å². The van der Waals surface area contributed by atoms with Crippen molar-refractivity contribution in [2.75, 3.05) is 16.5 Å². The molecule has 27 heavy (non-hydrogen) atoms. The summed E-state index contributed by atoms with van der Waals surface area (Å²) in [5.41, 5.74) is 9.12. The lowest BCUT2D eigenvalue weighted by molar-refractivity contribution is -0.116. The second-order valence-electron chi connectivity index (χ2n) is 6.32. The SMILES string of the molecule is Cc1cccc(N(C(=O)CCl)C(C)C)c1C.Nc1ccc(S(N)(=O)=O)cc1. The van der Waals surface area contributed by atoms with Gasteiger partial charge in [0.1, 0.15) is 5.88 Å². The summed E-state index contributed by atoms with van der Waals surface area (Å²) < 4.78 is 21.4. The molecular weight excluding hydrogens is 386 g/mol. The van der Waals surface area contributed by atoms with Gasteiger partial charge in [-0.2, -0.15) is 0 Å². The van der Waals surface area contributed by atoms with Gasteiger partial charge in [0.25, 0.3) is 0 Å². The van der Waals surface area contributed by atoms with Crippen LogP contribution in [0.3, 0.4) is 0 Å². The zero-order chi connectivity index (χ0) is 20.8. The highest BCUT2D eigenvalue weighted by atomic mass is 35.5. The second kappa shape index (κ2) is 9.73. The number of aryl methyl sites for hydroxylation is 1. The largest absolute Gasteiger partial charge is 0.399 e. The van der Waals surface area contributed by atoms with E-state index in [1.54, 1.807) is 4.90 Å². The molecule has 2 rings (SSSR count). The molecule has 0 saturated heterocycles. The maximum Gasteiger partial charge on any atom is 0.242 e. The number of sulfonamides is 1. The monoisotopic (exact) mass is 411 g/mol. The van der Waals surface area contributed by atoms with Crippen LogP contribution in [0, 0.1) is 13.8 Å². The summed E-state index contributed by atoms with van der Waals surface area (Å²) in [6.07, 6.45) is 0. The highest BCUT2D eigenvalue weighted by Gasteiger charge is 2.19. The maximum atomic E-state index is 11.8. The molecule has 2 aromatic rings. The summed E-state index contributed by atoms with van der Waals surface area (Å²) in [5, 5.41) is 4.84. The molecule has 148 valence electrons. The molecule has 0 radical (unpaired) electrons. The minimum Gasteiger partial charge on any atom is -0.399 e. The van der Waals surface area contributed by atoms with Crippen molar-refractivity contribution in [2.24, 2.45) is 5.14 Å². The molecule has 0 fully saturated rings. The van der Waals surface area contributed by atoms with Crippen LogP contribution in [0.1, 0.15) is 25.0 Å². The number of hydrogen-bond acceptors (Lipinski definition) is 4. The van der Waals surface area contributed by atoms with Crippen LogP contribution in [0.5, 0.6) is 0 Å². The number of amides is 1. The summed E-state index contributed by atoms with van der Waals surface area (Å²) in [6.45, 7) is 8.06. The molecule has 8 heteroatoms. The molecule has 0 heterocycles. The quantitative estimate of drug-likeness (QED) is 0.595. The van der Waals surface area contributed by atoms with Gasteiger partial charge in [0.05, 0.1) is 4.90 Å². The Balaban J connectivity index is 0.000000289. The van der Waals surface area contributed by atoms with Crippen molar-refractivity contribution in [3.8, 4) is 0 Å². The number of alkyl halides is 1. The highest BCUT2D eigenvalue weighted by Crippen LogP contribution is 2.24. The normalized spacial score (nSPS) is 10.9. The van der Waals surface area contributed by atoms with E-state index < -0.39 is 10.0 Å². The van der Waals surface area contributed by atoms with Crippen LogP contribution in [-0.4, -0.2) is 26.2 Å². The Morgan fingerprint density at radius 3 is 2.11 bits per heavy atom. The van der Waals surface area contributed by atoms with E-state index in [1.807, 2.05) is 45.9 Å². The number of benzene rings is 2. The number of nitrogens with zero attached hydrogens (tertiary/aromatic N) is 1. The number of nitrogen functional groups attached to an aromatic ring is 1. The van der Waals surface area contributed by atoms with Crippen molar-refractivity contribution in [1.29, 1.82) is 0 Å². The molecule has 0 unspecified atom stereocenters. The zero-order valence-corrected chi connectivity index (χ0v) is 17.5. The van der Waals surface area contributed by atoms with Crippen LogP contribution in [-0.2, 0) is 14.8 Å². The Kier molecular flexibility index (Phi) is 8.27. The van der Waals surface area contributed by atoms with Crippen LogP contribution in [0.15, 0.2) is 47.4 Å². The highest BCUT2D eigenvalue weighted by molar-refractivity contribution is 7.89. The van der Waals surface area contributed by atoms with Crippen molar-refractivity contribution in [3.63, 3.8) is 0 Å². The first-order valence-electron chi connectivity index (χ1n) is 8.31. The van der Waals surface area contributed by atoms with Crippen LogP contribution < -0.4 is 15.8 Å². The Labute approximate surface area is 166 Å². The first-order valence-corrected chi connectivity index (χ1v) is 10.4. The second-order valence-corrected chi connectivity index (χ2v) is 8.15. The summed E-state index contributed by atoms with van der Waals surface area (Å²) in [4.78, 5) is 13.6. The zero-order valence-electron chi connectivity index (χ0n) is 15.9.